The molecular weight excluding hydrogens is 298 g/mol. The van der Waals surface area contributed by atoms with Gasteiger partial charge in [0, 0.05) is 32.9 Å². The Labute approximate surface area is 122 Å². The van der Waals surface area contributed by atoms with Crippen LogP contribution in [0.3, 0.4) is 0 Å². The Morgan fingerprint density at radius 1 is 1.29 bits per heavy atom. The van der Waals surface area contributed by atoms with Gasteiger partial charge >= 0.3 is 5.69 Å². The Hall–Kier alpha value is -1.45. The van der Waals surface area contributed by atoms with Crippen LogP contribution in [-0.2, 0) is 24.1 Å². The van der Waals surface area contributed by atoms with E-state index in [0.717, 1.165) is 26.1 Å². The summed E-state index contributed by atoms with van der Waals surface area (Å²) >= 11 is 0. The minimum atomic E-state index is -4.04. The van der Waals surface area contributed by atoms with Gasteiger partial charge in [-0.1, -0.05) is 6.42 Å². The molecule has 0 aromatic carbocycles. The van der Waals surface area contributed by atoms with Crippen LogP contribution in [0, 0.1) is 0 Å². The van der Waals surface area contributed by atoms with E-state index in [2.05, 4.69) is 0 Å². The lowest BCUT2D eigenvalue weighted by Gasteiger charge is -2.33. The van der Waals surface area contributed by atoms with Gasteiger partial charge in [-0.3, -0.25) is 9.36 Å². The summed E-state index contributed by atoms with van der Waals surface area (Å²) in [7, 11) is -1.41. The number of aliphatic hydroxyl groups excluding tert-OH is 1. The van der Waals surface area contributed by atoms with Gasteiger partial charge in [0.25, 0.3) is 5.56 Å². The smallest absolute Gasteiger partial charge is 0.330 e. The molecule has 21 heavy (non-hydrogen) atoms. The lowest BCUT2D eigenvalue weighted by molar-refractivity contribution is 0.155. The average molecular weight is 317 g/mol. The van der Waals surface area contributed by atoms with E-state index in [1.165, 1.54) is 14.1 Å². The fourth-order valence-corrected chi connectivity index (χ4v) is 4.39. The van der Waals surface area contributed by atoms with E-state index in [1.54, 1.807) is 0 Å². The lowest BCUT2D eigenvalue weighted by atomic mass is 10.1. The highest BCUT2D eigenvalue weighted by atomic mass is 32.2. The van der Waals surface area contributed by atoms with Gasteiger partial charge in [0.1, 0.15) is 0 Å². The highest BCUT2D eigenvalue weighted by Crippen LogP contribution is 2.23. The Kier molecular flexibility index (Phi) is 4.35. The zero-order valence-corrected chi connectivity index (χ0v) is 12.8. The minimum Gasteiger partial charge on any atom is -0.395 e. The molecule has 2 heterocycles. The van der Waals surface area contributed by atoms with Gasteiger partial charge in [-0.15, -0.1) is 0 Å². The zero-order valence-electron chi connectivity index (χ0n) is 12.0. The molecule has 0 radical (unpaired) electrons. The topological polar surface area (TPSA) is 102 Å². The first-order valence-corrected chi connectivity index (χ1v) is 8.14. The molecule has 1 aromatic heterocycles. The van der Waals surface area contributed by atoms with Crippen LogP contribution in [0.25, 0.3) is 0 Å². The fourth-order valence-electron chi connectivity index (χ4n) is 2.55. The summed E-state index contributed by atoms with van der Waals surface area (Å²) in [5.74, 6) is 0. The number of rotatable bonds is 3. The molecule has 0 aliphatic carbocycles. The summed E-state index contributed by atoms with van der Waals surface area (Å²) in [5.41, 5.74) is -1.43. The second-order valence-electron chi connectivity index (χ2n) is 5.20. The molecule has 2 rings (SSSR count). The van der Waals surface area contributed by atoms with E-state index >= 15 is 0 Å². The van der Waals surface area contributed by atoms with Crippen molar-refractivity contribution in [1.29, 1.82) is 0 Å². The van der Waals surface area contributed by atoms with Crippen molar-refractivity contribution in [1.82, 2.24) is 13.4 Å². The summed E-state index contributed by atoms with van der Waals surface area (Å²) in [6, 6.07) is -0.523. The van der Waals surface area contributed by atoms with Gasteiger partial charge in [-0.25, -0.2) is 13.2 Å². The molecule has 1 aliphatic rings. The van der Waals surface area contributed by atoms with Crippen molar-refractivity contribution in [2.24, 2.45) is 14.1 Å². The van der Waals surface area contributed by atoms with Gasteiger partial charge in [0.05, 0.1) is 6.61 Å². The standard InChI is InChI=1S/C12H19N3O5S/c1-13-7-10(11(17)14(2)12(13)18)21(19,20)15-6-4-3-5-9(15)8-16/h7,9,16H,3-6,8H2,1-2H3. The van der Waals surface area contributed by atoms with Gasteiger partial charge in [0.2, 0.25) is 10.0 Å². The summed E-state index contributed by atoms with van der Waals surface area (Å²) in [6.45, 7) is -0.0230. The van der Waals surface area contributed by atoms with Crippen LogP contribution in [0.4, 0.5) is 0 Å². The molecule has 1 N–H and O–H groups in total. The first kappa shape index (κ1) is 15.9. The van der Waals surface area contributed by atoms with E-state index < -0.39 is 32.2 Å². The van der Waals surface area contributed by atoms with Crippen LogP contribution in [0.5, 0.6) is 0 Å². The molecule has 1 saturated heterocycles. The van der Waals surface area contributed by atoms with Crippen molar-refractivity contribution < 1.29 is 13.5 Å². The molecule has 1 atom stereocenters. The molecule has 9 heteroatoms. The van der Waals surface area contributed by atoms with E-state index in [1.807, 2.05) is 0 Å². The maximum absolute atomic E-state index is 12.7. The van der Waals surface area contributed by atoms with E-state index in [9.17, 15) is 23.1 Å². The van der Waals surface area contributed by atoms with Gasteiger partial charge in [-0.2, -0.15) is 4.31 Å². The van der Waals surface area contributed by atoms with Gasteiger partial charge in [-0.05, 0) is 12.8 Å². The number of aryl methyl sites for hydroxylation is 1. The van der Waals surface area contributed by atoms with E-state index in [0.29, 0.717) is 12.8 Å². The molecular formula is C12H19N3O5S. The minimum absolute atomic E-state index is 0.263. The normalized spacial score (nSPS) is 20.6. The molecule has 1 unspecified atom stereocenters. The maximum Gasteiger partial charge on any atom is 0.330 e. The number of aliphatic hydroxyl groups is 1. The Bertz CT molecular complexity index is 749. The average Bonchev–Trinajstić information content (AvgIpc) is 2.48. The maximum atomic E-state index is 12.7. The molecule has 1 aromatic rings. The van der Waals surface area contributed by atoms with Crippen LogP contribution in [0.15, 0.2) is 20.7 Å². The number of piperidine rings is 1. The number of nitrogens with zero attached hydrogens (tertiary/aromatic N) is 3. The van der Waals surface area contributed by atoms with Crippen molar-refractivity contribution in [3.63, 3.8) is 0 Å². The Morgan fingerprint density at radius 3 is 2.57 bits per heavy atom. The number of hydrogen-bond donors (Lipinski definition) is 1. The number of sulfonamides is 1. The van der Waals surface area contributed by atoms with Crippen LogP contribution in [-0.4, -0.2) is 46.2 Å². The van der Waals surface area contributed by atoms with Gasteiger partial charge < -0.3 is 9.67 Å². The van der Waals surface area contributed by atoms with Crippen LogP contribution in [0.1, 0.15) is 19.3 Å². The monoisotopic (exact) mass is 317 g/mol. The summed E-state index contributed by atoms with van der Waals surface area (Å²) in [4.78, 5) is 23.3. The molecule has 0 bridgehead atoms. The summed E-state index contributed by atoms with van der Waals surface area (Å²) in [6.07, 6.45) is 3.12. The predicted molar refractivity (Wildman–Crippen MR) is 75.5 cm³/mol. The van der Waals surface area contributed by atoms with Crippen LogP contribution >= 0.6 is 0 Å². The number of aromatic nitrogens is 2. The number of hydrogen-bond acceptors (Lipinski definition) is 5. The summed E-state index contributed by atoms with van der Waals surface area (Å²) < 4.78 is 28.4. The third-order valence-corrected chi connectivity index (χ3v) is 5.72. The summed E-state index contributed by atoms with van der Waals surface area (Å²) in [5, 5.41) is 9.35. The second-order valence-corrected chi connectivity index (χ2v) is 7.06. The third-order valence-electron chi connectivity index (χ3n) is 3.79. The van der Waals surface area contributed by atoms with Crippen molar-refractivity contribution in [2.75, 3.05) is 13.2 Å². The molecule has 0 amide bonds. The van der Waals surface area contributed by atoms with Gasteiger partial charge in [0.15, 0.2) is 4.90 Å². The van der Waals surface area contributed by atoms with Crippen molar-refractivity contribution >= 4 is 10.0 Å². The first-order valence-electron chi connectivity index (χ1n) is 6.70. The lowest BCUT2D eigenvalue weighted by Crippen LogP contribution is -2.48. The van der Waals surface area contributed by atoms with E-state index in [-0.39, 0.29) is 13.2 Å². The fraction of sp³-hybridized carbons (Fsp3) is 0.667. The first-order chi connectivity index (χ1) is 9.80. The predicted octanol–water partition coefficient (Wildman–Crippen LogP) is -1.38. The van der Waals surface area contributed by atoms with Crippen molar-refractivity contribution in [2.45, 2.75) is 30.2 Å². The molecule has 0 spiro atoms. The van der Waals surface area contributed by atoms with E-state index in [4.69, 9.17) is 0 Å². The molecule has 0 saturated carbocycles. The quantitative estimate of drug-likeness (QED) is 0.740. The van der Waals surface area contributed by atoms with Crippen molar-refractivity contribution in [3.8, 4) is 0 Å². The molecule has 8 nitrogen and oxygen atoms in total. The Morgan fingerprint density at radius 2 is 1.95 bits per heavy atom. The molecule has 1 aliphatic heterocycles. The highest BCUT2D eigenvalue weighted by molar-refractivity contribution is 7.89. The molecule has 1 fully saturated rings. The third kappa shape index (κ3) is 2.68. The largest absolute Gasteiger partial charge is 0.395 e. The SMILES string of the molecule is Cn1cc(S(=O)(=O)N2CCCCC2CO)c(=O)n(C)c1=O. The highest BCUT2D eigenvalue weighted by Gasteiger charge is 2.35. The van der Waals surface area contributed by atoms with Crippen LogP contribution in [0.2, 0.25) is 0 Å². The molecule has 118 valence electrons. The van der Waals surface area contributed by atoms with Crippen molar-refractivity contribution in [3.05, 3.63) is 27.0 Å². The van der Waals surface area contributed by atoms with Crippen LogP contribution < -0.4 is 11.2 Å². The zero-order chi connectivity index (χ0) is 15.8. The second kappa shape index (κ2) is 5.74. The Balaban J connectivity index is 2.59.